The van der Waals surface area contributed by atoms with E-state index in [-0.39, 0.29) is 16.7 Å². The van der Waals surface area contributed by atoms with Crippen LogP contribution in [0.25, 0.3) is 0 Å². The molecule has 31 heavy (non-hydrogen) atoms. The van der Waals surface area contributed by atoms with E-state index < -0.39 is 0 Å². The Kier molecular flexibility index (Phi) is 6.48. The molecule has 2 aromatic carbocycles. The van der Waals surface area contributed by atoms with Gasteiger partial charge in [0.25, 0.3) is 11.8 Å². The van der Waals surface area contributed by atoms with Gasteiger partial charge in [-0.15, -0.1) is 11.8 Å². The fourth-order valence-electron chi connectivity index (χ4n) is 4.26. The van der Waals surface area contributed by atoms with Crippen molar-refractivity contribution < 1.29 is 19.1 Å². The number of carbonyl (C=O) groups is 2. The Morgan fingerprint density at radius 1 is 0.935 bits per heavy atom. The highest BCUT2D eigenvalue weighted by Crippen LogP contribution is 2.45. The normalized spacial score (nSPS) is 17.6. The van der Waals surface area contributed by atoms with Crippen LogP contribution in [-0.4, -0.2) is 66.1 Å². The first-order valence-electron chi connectivity index (χ1n) is 10.2. The minimum absolute atomic E-state index is 0.0195. The standard InChI is InChI=1S/C23H25BrN2O4S/c1-29-19-13-17(14-20(15-19)30-2)22(28)26-10-11-31-23(26)6-8-25(9-7-23)21(27)16-4-3-5-18(24)12-16/h3-5,12-15H,6-11H2,1-2H3. The van der Waals surface area contributed by atoms with Gasteiger partial charge in [0, 0.05) is 47.1 Å². The van der Waals surface area contributed by atoms with Crippen LogP contribution in [0.4, 0.5) is 0 Å². The van der Waals surface area contributed by atoms with Crippen LogP contribution in [0.15, 0.2) is 46.9 Å². The van der Waals surface area contributed by atoms with Gasteiger partial charge in [0.05, 0.1) is 19.1 Å². The molecule has 1 spiro atoms. The zero-order valence-corrected chi connectivity index (χ0v) is 20.0. The van der Waals surface area contributed by atoms with Crippen molar-refractivity contribution in [2.24, 2.45) is 0 Å². The SMILES string of the molecule is COc1cc(OC)cc(C(=O)N2CCSC23CCN(C(=O)c2cccc(Br)c2)CC3)c1. The van der Waals surface area contributed by atoms with Gasteiger partial charge in [0.15, 0.2) is 0 Å². The lowest BCUT2D eigenvalue weighted by Crippen LogP contribution is -2.53. The summed E-state index contributed by atoms with van der Waals surface area (Å²) in [5, 5.41) is 0. The maximum Gasteiger partial charge on any atom is 0.255 e. The number of rotatable bonds is 4. The van der Waals surface area contributed by atoms with Crippen LogP contribution in [0.5, 0.6) is 11.5 Å². The second-order valence-electron chi connectivity index (χ2n) is 7.66. The van der Waals surface area contributed by atoms with Crippen LogP contribution in [0.1, 0.15) is 33.6 Å². The number of amides is 2. The van der Waals surface area contributed by atoms with Crippen LogP contribution in [0.3, 0.4) is 0 Å². The molecule has 2 aliphatic heterocycles. The Balaban J connectivity index is 1.50. The Labute approximate surface area is 195 Å². The molecular weight excluding hydrogens is 480 g/mol. The second kappa shape index (κ2) is 9.12. The minimum atomic E-state index is -0.276. The molecule has 0 radical (unpaired) electrons. The highest BCUT2D eigenvalue weighted by Gasteiger charge is 2.47. The molecule has 2 aliphatic rings. The zero-order valence-electron chi connectivity index (χ0n) is 17.6. The first-order valence-corrected chi connectivity index (χ1v) is 12.0. The molecule has 0 saturated carbocycles. The van der Waals surface area contributed by atoms with Gasteiger partial charge in [-0.1, -0.05) is 22.0 Å². The van der Waals surface area contributed by atoms with Crippen molar-refractivity contribution in [2.45, 2.75) is 17.7 Å². The largest absolute Gasteiger partial charge is 0.497 e. The number of methoxy groups -OCH3 is 2. The lowest BCUT2D eigenvalue weighted by Gasteiger charge is -2.44. The van der Waals surface area contributed by atoms with Crippen molar-refractivity contribution in [3.8, 4) is 11.5 Å². The van der Waals surface area contributed by atoms with Crippen molar-refractivity contribution in [3.05, 3.63) is 58.1 Å². The number of benzene rings is 2. The van der Waals surface area contributed by atoms with E-state index in [2.05, 4.69) is 15.9 Å². The van der Waals surface area contributed by atoms with Crippen molar-refractivity contribution >= 4 is 39.5 Å². The molecule has 0 aliphatic carbocycles. The molecular formula is C23H25BrN2O4S. The van der Waals surface area contributed by atoms with Gasteiger partial charge in [-0.3, -0.25) is 9.59 Å². The van der Waals surface area contributed by atoms with Crippen molar-refractivity contribution in [2.75, 3.05) is 39.6 Å². The zero-order chi connectivity index (χ0) is 22.0. The quantitative estimate of drug-likeness (QED) is 0.621. The third-order valence-corrected chi connectivity index (χ3v) is 7.97. The lowest BCUT2D eigenvalue weighted by atomic mass is 10.00. The Morgan fingerprint density at radius 3 is 2.23 bits per heavy atom. The third kappa shape index (κ3) is 4.41. The predicted molar refractivity (Wildman–Crippen MR) is 125 cm³/mol. The second-order valence-corrected chi connectivity index (χ2v) is 10.0. The number of nitrogens with zero attached hydrogens (tertiary/aromatic N) is 2. The van der Waals surface area contributed by atoms with Gasteiger partial charge in [-0.05, 0) is 43.2 Å². The van der Waals surface area contributed by atoms with E-state index in [1.807, 2.05) is 45.8 Å². The third-order valence-electron chi connectivity index (χ3n) is 5.92. The summed E-state index contributed by atoms with van der Waals surface area (Å²) < 4.78 is 11.6. The molecule has 0 bridgehead atoms. The summed E-state index contributed by atoms with van der Waals surface area (Å²) in [7, 11) is 3.16. The van der Waals surface area contributed by atoms with Gasteiger partial charge in [-0.25, -0.2) is 0 Å². The first kappa shape index (κ1) is 22.0. The fourth-order valence-corrected chi connectivity index (χ4v) is 6.11. The molecule has 8 heteroatoms. The number of hydrogen-bond acceptors (Lipinski definition) is 5. The molecule has 0 unspecified atom stereocenters. The number of hydrogen-bond donors (Lipinski definition) is 0. The molecule has 6 nitrogen and oxygen atoms in total. The summed E-state index contributed by atoms with van der Waals surface area (Å²) in [5.74, 6) is 2.10. The molecule has 0 aromatic heterocycles. The summed E-state index contributed by atoms with van der Waals surface area (Å²) in [4.78, 5) is 30.0. The Morgan fingerprint density at radius 2 is 1.61 bits per heavy atom. The average Bonchev–Trinajstić information content (AvgIpc) is 3.20. The summed E-state index contributed by atoms with van der Waals surface area (Å²) >= 11 is 5.26. The van der Waals surface area contributed by atoms with Crippen molar-refractivity contribution in [3.63, 3.8) is 0 Å². The van der Waals surface area contributed by atoms with Gasteiger partial charge in [0.1, 0.15) is 11.5 Å². The smallest absolute Gasteiger partial charge is 0.255 e. The fraction of sp³-hybridized carbons (Fsp3) is 0.391. The molecule has 0 atom stereocenters. The molecule has 2 fully saturated rings. The Hall–Kier alpha value is -2.19. The maximum atomic E-state index is 13.4. The summed E-state index contributed by atoms with van der Waals surface area (Å²) in [5.41, 5.74) is 1.24. The summed E-state index contributed by atoms with van der Waals surface area (Å²) in [6, 6.07) is 12.8. The van der Waals surface area contributed by atoms with E-state index in [0.717, 1.165) is 23.1 Å². The van der Waals surface area contributed by atoms with Crippen molar-refractivity contribution in [1.82, 2.24) is 9.80 Å². The molecule has 2 aromatic rings. The highest BCUT2D eigenvalue weighted by molar-refractivity contribution is 9.10. The van der Waals surface area contributed by atoms with Crippen LogP contribution in [0, 0.1) is 0 Å². The minimum Gasteiger partial charge on any atom is -0.497 e. The number of piperidine rings is 1. The molecule has 2 heterocycles. The van der Waals surface area contributed by atoms with E-state index in [1.54, 1.807) is 32.4 Å². The summed E-state index contributed by atoms with van der Waals surface area (Å²) in [6.45, 7) is 1.95. The monoisotopic (exact) mass is 504 g/mol. The topological polar surface area (TPSA) is 59.1 Å². The van der Waals surface area contributed by atoms with Gasteiger partial charge < -0.3 is 19.3 Å². The predicted octanol–water partition coefficient (Wildman–Crippen LogP) is 4.29. The molecule has 2 amide bonds. The van der Waals surface area contributed by atoms with Gasteiger partial charge >= 0.3 is 0 Å². The Bertz CT molecular complexity index is 969. The van der Waals surface area contributed by atoms with Crippen molar-refractivity contribution in [1.29, 1.82) is 0 Å². The maximum absolute atomic E-state index is 13.4. The van der Waals surface area contributed by atoms with E-state index in [1.165, 1.54) is 0 Å². The number of thioether (sulfide) groups is 1. The highest BCUT2D eigenvalue weighted by atomic mass is 79.9. The summed E-state index contributed by atoms with van der Waals surface area (Å²) in [6.07, 6.45) is 1.51. The van der Waals surface area contributed by atoms with Crippen LogP contribution < -0.4 is 9.47 Å². The van der Waals surface area contributed by atoms with E-state index in [4.69, 9.17) is 9.47 Å². The molecule has 2 saturated heterocycles. The van der Waals surface area contributed by atoms with E-state index >= 15 is 0 Å². The number of likely N-dealkylation sites (tertiary alicyclic amines) is 1. The molecule has 4 rings (SSSR count). The van der Waals surface area contributed by atoms with E-state index in [9.17, 15) is 9.59 Å². The molecule has 0 N–H and O–H groups in total. The van der Waals surface area contributed by atoms with Crippen LogP contribution >= 0.6 is 27.7 Å². The van der Waals surface area contributed by atoms with Crippen LogP contribution in [0.2, 0.25) is 0 Å². The lowest BCUT2D eigenvalue weighted by molar-refractivity contribution is 0.0497. The van der Waals surface area contributed by atoms with Gasteiger partial charge in [-0.2, -0.15) is 0 Å². The number of carbonyl (C=O) groups excluding carboxylic acids is 2. The number of ether oxygens (including phenoxy) is 2. The average molecular weight is 505 g/mol. The first-order chi connectivity index (χ1) is 15.0. The number of halogens is 1. The van der Waals surface area contributed by atoms with E-state index in [0.29, 0.717) is 42.3 Å². The van der Waals surface area contributed by atoms with Crippen LogP contribution in [-0.2, 0) is 0 Å². The molecule has 164 valence electrons. The van der Waals surface area contributed by atoms with Gasteiger partial charge in [0.2, 0.25) is 0 Å².